The lowest BCUT2D eigenvalue weighted by Gasteiger charge is -2.03. The van der Waals surface area contributed by atoms with E-state index in [2.05, 4.69) is 14.6 Å². The molecule has 0 saturated heterocycles. The number of nitrogen functional groups attached to an aromatic ring is 1. The molecule has 12 heavy (non-hydrogen) atoms. The van der Waals surface area contributed by atoms with Crippen molar-refractivity contribution in [2.75, 3.05) is 12.3 Å². The Morgan fingerprint density at radius 3 is 2.92 bits per heavy atom. The van der Waals surface area contributed by atoms with Gasteiger partial charge in [0.05, 0.1) is 5.69 Å². The number of anilines is 1. The van der Waals surface area contributed by atoms with E-state index in [1.54, 1.807) is 0 Å². The fraction of sp³-hybridized carbons (Fsp3) is 0.333. The van der Waals surface area contributed by atoms with Crippen molar-refractivity contribution in [3.8, 4) is 0 Å². The van der Waals surface area contributed by atoms with Crippen LogP contribution < -0.4 is 11.3 Å². The standard InChI is InChI=1S/C6H7B2N3O/c7-5-3-10-4(1-2-12-8)6(9)11-5/h3H,1-2H2,(H2,9,11). The fourth-order valence-electron chi connectivity index (χ4n) is 0.791. The van der Waals surface area contributed by atoms with Gasteiger partial charge in [0, 0.05) is 24.8 Å². The number of hydrogen-bond acceptors (Lipinski definition) is 4. The van der Waals surface area contributed by atoms with E-state index in [0.29, 0.717) is 30.1 Å². The van der Waals surface area contributed by atoms with Gasteiger partial charge in [-0.15, -0.1) is 0 Å². The second-order valence-corrected chi connectivity index (χ2v) is 2.25. The van der Waals surface area contributed by atoms with Crippen molar-refractivity contribution in [3.63, 3.8) is 0 Å². The lowest BCUT2D eigenvalue weighted by atomic mass is 10.1. The third-order valence-corrected chi connectivity index (χ3v) is 1.35. The van der Waals surface area contributed by atoms with Crippen LogP contribution in [0.25, 0.3) is 0 Å². The minimum atomic E-state index is 0.310. The number of nitrogens with zero attached hydrogens (tertiary/aromatic N) is 2. The smallest absolute Gasteiger partial charge is 0.282 e. The highest BCUT2D eigenvalue weighted by molar-refractivity contribution is 6.30. The van der Waals surface area contributed by atoms with E-state index in [9.17, 15) is 0 Å². The predicted molar refractivity (Wildman–Crippen MR) is 47.2 cm³/mol. The average Bonchev–Trinajstić information content (AvgIpc) is 2.03. The third kappa shape index (κ3) is 2.23. The molecule has 0 aromatic carbocycles. The van der Waals surface area contributed by atoms with Gasteiger partial charge in [-0.05, 0) is 0 Å². The maximum Gasteiger partial charge on any atom is 0.282 e. The molecular formula is C6H7B2N3O. The summed E-state index contributed by atoms with van der Waals surface area (Å²) in [5, 5.41) is 0. The van der Waals surface area contributed by atoms with Gasteiger partial charge in [0.1, 0.15) is 13.7 Å². The van der Waals surface area contributed by atoms with Crippen molar-refractivity contribution in [3.05, 3.63) is 11.9 Å². The molecule has 4 radical (unpaired) electrons. The molecule has 1 aromatic heterocycles. The Labute approximate surface area is 73.4 Å². The van der Waals surface area contributed by atoms with Gasteiger partial charge in [0.2, 0.25) is 0 Å². The van der Waals surface area contributed by atoms with Gasteiger partial charge >= 0.3 is 0 Å². The van der Waals surface area contributed by atoms with E-state index < -0.39 is 0 Å². The zero-order valence-corrected chi connectivity index (χ0v) is 6.53. The highest BCUT2D eigenvalue weighted by Gasteiger charge is 2.00. The van der Waals surface area contributed by atoms with E-state index in [1.165, 1.54) is 6.20 Å². The Kier molecular flexibility index (Phi) is 3.10. The van der Waals surface area contributed by atoms with Gasteiger partial charge in [-0.2, -0.15) is 0 Å². The number of nitrogens with two attached hydrogens (primary N) is 1. The molecular weight excluding hydrogens is 152 g/mol. The lowest BCUT2D eigenvalue weighted by Crippen LogP contribution is -2.15. The fourth-order valence-corrected chi connectivity index (χ4v) is 0.791. The van der Waals surface area contributed by atoms with Gasteiger partial charge in [-0.25, -0.2) is 4.98 Å². The Balaban J connectivity index is 2.72. The first kappa shape index (κ1) is 9.06. The minimum Gasteiger partial charge on any atom is -0.447 e. The lowest BCUT2D eigenvalue weighted by molar-refractivity contribution is 0.353. The summed E-state index contributed by atoms with van der Waals surface area (Å²) in [6.07, 6.45) is 1.98. The van der Waals surface area contributed by atoms with Crippen LogP contribution in [0.15, 0.2) is 6.20 Å². The molecule has 0 saturated carbocycles. The predicted octanol–water partition coefficient (Wildman–Crippen LogP) is -1.50. The van der Waals surface area contributed by atoms with Crippen molar-refractivity contribution in [2.24, 2.45) is 0 Å². The molecule has 2 N–H and O–H groups in total. The van der Waals surface area contributed by atoms with Crippen LogP contribution in [0.1, 0.15) is 5.69 Å². The Morgan fingerprint density at radius 2 is 2.33 bits per heavy atom. The van der Waals surface area contributed by atoms with E-state index in [-0.39, 0.29) is 0 Å². The maximum absolute atomic E-state index is 5.51. The number of rotatable bonds is 3. The normalized spacial score (nSPS) is 10.0. The van der Waals surface area contributed by atoms with E-state index in [0.717, 1.165) is 0 Å². The summed E-state index contributed by atoms with van der Waals surface area (Å²) in [4.78, 5) is 7.79. The molecule has 0 unspecified atom stereocenters. The van der Waals surface area contributed by atoms with Crippen LogP contribution in [-0.2, 0) is 11.1 Å². The Hall–Kier alpha value is -1.03. The molecule has 0 atom stereocenters. The van der Waals surface area contributed by atoms with E-state index in [4.69, 9.17) is 21.6 Å². The van der Waals surface area contributed by atoms with Gasteiger partial charge in [-0.1, -0.05) is 0 Å². The molecule has 1 rings (SSSR count). The summed E-state index contributed by atoms with van der Waals surface area (Å²) < 4.78 is 4.38. The van der Waals surface area contributed by atoms with Crippen molar-refractivity contribution in [1.82, 2.24) is 9.97 Å². The van der Waals surface area contributed by atoms with Gasteiger partial charge in [0.15, 0.2) is 0 Å². The summed E-state index contributed by atoms with van der Waals surface area (Å²) in [6, 6.07) is 0. The molecule has 0 aliphatic carbocycles. The average molecular weight is 159 g/mol. The highest BCUT2D eigenvalue weighted by atomic mass is 16.4. The molecule has 0 fully saturated rings. The summed E-state index contributed by atoms with van der Waals surface area (Å²) in [7, 11) is 10.2. The van der Waals surface area contributed by atoms with Crippen LogP contribution in [0.5, 0.6) is 0 Å². The van der Waals surface area contributed by atoms with Crippen LogP contribution in [-0.4, -0.2) is 32.5 Å². The van der Waals surface area contributed by atoms with Crippen LogP contribution in [0.3, 0.4) is 0 Å². The zero-order chi connectivity index (χ0) is 8.97. The minimum absolute atomic E-state index is 0.310. The molecule has 6 heteroatoms. The molecule has 0 amide bonds. The Morgan fingerprint density at radius 1 is 1.58 bits per heavy atom. The summed E-state index contributed by atoms with van der Waals surface area (Å²) >= 11 is 0. The summed E-state index contributed by atoms with van der Waals surface area (Å²) in [6.45, 7) is 0.364. The Bertz CT molecular complexity index is 269. The summed E-state index contributed by atoms with van der Waals surface area (Å²) in [5.41, 5.74) is 6.47. The van der Waals surface area contributed by atoms with Crippen molar-refractivity contribution >= 4 is 27.3 Å². The molecule has 4 nitrogen and oxygen atoms in total. The van der Waals surface area contributed by atoms with Gasteiger partial charge in [0.25, 0.3) is 8.05 Å². The third-order valence-electron chi connectivity index (χ3n) is 1.35. The molecule has 0 bridgehead atoms. The monoisotopic (exact) mass is 159 g/mol. The van der Waals surface area contributed by atoms with Gasteiger partial charge < -0.3 is 10.4 Å². The second kappa shape index (κ2) is 4.11. The number of hydrogen-bond donors (Lipinski definition) is 1. The molecule has 0 aliphatic heterocycles. The van der Waals surface area contributed by atoms with E-state index >= 15 is 0 Å². The second-order valence-electron chi connectivity index (χ2n) is 2.25. The first-order chi connectivity index (χ1) is 5.74. The van der Waals surface area contributed by atoms with Crippen LogP contribution in [0.2, 0.25) is 0 Å². The first-order valence-electron chi connectivity index (χ1n) is 3.42. The SMILES string of the molecule is [B]OCCc1ncc([B])nc1N. The molecule has 0 aliphatic rings. The van der Waals surface area contributed by atoms with Gasteiger partial charge in [-0.3, -0.25) is 4.98 Å². The van der Waals surface area contributed by atoms with Crippen LogP contribution in [0, 0.1) is 0 Å². The molecule has 0 spiro atoms. The first-order valence-corrected chi connectivity index (χ1v) is 3.42. The molecule has 1 aromatic rings. The molecule has 58 valence electrons. The van der Waals surface area contributed by atoms with Crippen LogP contribution >= 0.6 is 0 Å². The van der Waals surface area contributed by atoms with E-state index in [1.807, 2.05) is 0 Å². The van der Waals surface area contributed by atoms with Crippen molar-refractivity contribution in [2.45, 2.75) is 6.42 Å². The highest BCUT2D eigenvalue weighted by Crippen LogP contribution is 2.01. The van der Waals surface area contributed by atoms with Crippen molar-refractivity contribution < 1.29 is 4.65 Å². The topological polar surface area (TPSA) is 61.0 Å². The molecule has 1 heterocycles. The van der Waals surface area contributed by atoms with Crippen LogP contribution in [0.4, 0.5) is 5.82 Å². The number of aromatic nitrogens is 2. The largest absolute Gasteiger partial charge is 0.447 e. The quantitative estimate of drug-likeness (QED) is 0.544. The maximum atomic E-state index is 5.51. The zero-order valence-electron chi connectivity index (χ0n) is 6.53. The summed E-state index contributed by atoms with van der Waals surface area (Å²) in [5.74, 6) is 0.326. The van der Waals surface area contributed by atoms with Crippen molar-refractivity contribution in [1.29, 1.82) is 0 Å².